The number of hydrogen-bond donors (Lipinski definition) is 2. The molecule has 0 amide bonds. The highest BCUT2D eigenvalue weighted by Gasteiger charge is 2.13. The highest BCUT2D eigenvalue weighted by Crippen LogP contribution is 2.28. The molecular formula is C20H13N3O4S. The molecule has 138 valence electrons. The van der Waals surface area contributed by atoms with Gasteiger partial charge in [0.15, 0.2) is 0 Å². The monoisotopic (exact) mass is 391 g/mol. The van der Waals surface area contributed by atoms with Gasteiger partial charge >= 0.3 is 0 Å². The zero-order valence-electron chi connectivity index (χ0n) is 14.3. The summed E-state index contributed by atoms with van der Waals surface area (Å²) in [7, 11) is -4.27. The topological polar surface area (TPSA) is 105 Å². The molecule has 0 spiro atoms. The second-order valence-corrected chi connectivity index (χ2v) is 7.88. The molecule has 0 radical (unpaired) electrons. The molecule has 0 aliphatic rings. The van der Waals surface area contributed by atoms with Gasteiger partial charge in [-0.05, 0) is 53.2 Å². The van der Waals surface area contributed by atoms with Crippen LogP contribution >= 0.6 is 0 Å². The van der Waals surface area contributed by atoms with Crippen LogP contribution in [0.15, 0.2) is 71.6 Å². The average Bonchev–Trinajstić information content (AvgIpc) is 3.11. The molecular weight excluding hydrogens is 378 g/mol. The van der Waals surface area contributed by atoms with E-state index in [1.165, 1.54) is 16.9 Å². The standard InChI is InChI=1S/C20H13N3O4S/c24-19-3-1-2-12-10-14(5-7-16(12)19)23-21-18-9-4-13-11-15(28(25,26)27)6-8-17(13)20(18)22-23/h1-11,24H,(H,25,26,27). The van der Waals surface area contributed by atoms with Crippen LogP contribution in [-0.2, 0) is 10.1 Å². The van der Waals surface area contributed by atoms with Crippen molar-refractivity contribution in [1.82, 2.24) is 15.0 Å². The van der Waals surface area contributed by atoms with Gasteiger partial charge in [-0.25, -0.2) is 0 Å². The van der Waals surface area contributed by atoms with Gasteiger partial charge in [-0.1, -0.05) is 24.3 Å². The van der Waals surface area contributed by atoms with Crippen LogP contribution in [0.2, 0.25) is 0 Å². The molecule has 4 aromatic carbocycles. The van der Waals surface area contributed by atoms with Crippen LogP contribution in [0.1, 0.15) is 0 Å². The Labute approximate surface area is 159 Å². The molecule has 0 aliphatic carbocycles. The van der Waals surface area contributed by atoms with Crippen molar-refractivity contribution in [3.63, 3.8) is 0 Å². The average molecular weight is 391 g/mol. The summed E-state index contributed by atoms with van der Waals surface area (Å²) in [6.45, 7) is 0. The zero-order chi connectivity index (χ0) is 19.5. The van der Waals surface area contributed by atoms with Crippen LogP contribution in [-0.4, -0.2) is 33.1 Å². The highest BCUT2D eigenvalue weighted by atomic mass is 32.2. The minimum absolute atomic E-state index is 0.166. The number of benzene rings is 4. The predicted octanol–water partition coefficient (Wildman–Crippen LogP) is 3.68. The lowest BCUT2D eigenvalue weighted by Gasteiger charge is -2.04. The molecule has 7 nitrogen and oxygen atoms in total. The van der Waals surface area contributed by atoms with Gasteiger partial charge in [0.25, 0.3) is 10.1 Å². The van der Waals surface area contributed by atoms with Gasteiger partial charge in [0.05, 0.1) is 10.6 Å². The molecule has 1 aromatic heterocycles. The van der Waals surface area contributed by atoms with E-state index in [9.17, 15) is 18.1 Å². The fraction of sp³-hybridized carbons (Fsp3) is 0. The highest BCUT2D eigenvalue weighted by molar-refractivity contribution is 7.85. The molecule has 0 atom stereocenters. The third kappa shape index (κ3) is 2.58. The predicted molar refractivity (Wildman–Crippen MR) is 105 cm³/mol. The van der Waals surface area contributed by atoms with Crippen LogP contribution in [0.5, 0.6) is 5.75 Å². The number of phenols is 1. The Morgan fingerprint density at radius 3 is 2.43 bits per heavy atom. The summed E-state index contributed by atoms with van der Waals surface area (Å²) in [5.41, 5.74) is 2.01. The molecule has 8 heteroatoms. The molecule has 0 saturated heterocycles. The minimum atomic E-state index is -4.27. The maximum Gasteiger partial charge on any atom is 0.294 e. The van der Waals surface area contributed by atoms with E-state index in [0.29, 0.717) is 16.4 Å². The first-order valence-corrected chi connectivity index (χ1v) is 9.84. The first-order chi connectivity index (χ1) is 13.4. The van der Waals surface area contributed by atoms with E-state index in [1.807, 2.05) is 24.3 Å². The summed E-state index contributed by atoms with van der Waals surface area (Å²) in [4.78, 5) is 1.34. The fourth-order valence-electron chi connectivity index (χ4n) is 3.34. The Hall–Kier alpha value is -3.49. The summed E-state index contributed by atoms with van der Waals surface area (Å²) in [5.74, 6) is 0.211. The van der Waals surface area contributed by atoms with Crippen molar-refractivity contribution in [3.8, 4) is 11.4 Å². The van der Waals surface area contributed by atoms with E-state index in [-0.39, 0.29) is 10.6 Å². The molecule has 0 bridgehead atoms. The first-order valence-electron chi connectivity index (χ1n) is 8.40. The van der Waals surface area contributed by atoms with Crippen molar-refractivity contribution in [2.75, 3.05) is 0 Å². The van der Waals surface area contributed by atoms with E-state index < -0.39 is 10.1 Å². The summed E-state index contributed by atoms with van der Waals surface area (Å²) < 4.78 is 32.0. The normalized spacial score (nSPS) is 12.2. The minimum Gasteiger partial charge on any atom is -0.507 e. The number of hydrogen-bond acceptors (Lipinski definition) is 5. The van der Waals surface area contributed by atoms with Crippen molar-refractivity contribution in [1.29, 1.82) is 0 Å². The smallest absolute Gasteiger partial charge is 0.294 e. The third-order valence-electron chi connectivity index (χ3n) is 4.71. The van der Waals surface area contributed by atoms with E-state index in [1.54, 1.807) is 30.3 Å². The molecule has 5 rings (SSSR count). The molecule has 0 aliphatic heterocycles. The summed E-state index contributed by atoms with van der Waals surface area (Å²) in [6, 6.07) is 18.7. The van der Waals surface area contributed by atoms with Crippen LogP contribution < -0.4 is 0 Å². The fourth-order valence-corrected chi connectivity index (χ4v) is 3.86. The lowest BCUT2D eigenvalue weighted by atomic mass is 10.1. The van der Waals surface area contributed by atoms with Gasteiger partial charge in [0.2, 0.25) is 0 Å². The van der Waals surface area contributed by atoms with Crippen molar-refractivity contribution >= 4 is 42.7 Å². The van der Waals surface area contributed by atoms with E-state index >= 15 is 0 Å². The Bertz CT molecular complexity index is 1510. The maximum atomic E-state index is 11.4. The first kappa shape index (κ1) is 16.7. The van der Waals surface area contributed by atoms with Gasteiger partial charge < -0.3 is 5.11 Å². The number of rotatable bonds is 2. The van der Waals surface area contributed by atoms with Crippen LogP contribution in [0.4, 0.5) is 0 Å². The van der Waals surface area contributed by atoms with Crippen molar-refractivity contribution in [2.45, 2.75) is 4.90 Å². The molecule has 0 unspecified atom stereocenters. The van der Waals surface area contributed by atoms with E-state index in [4.69, 9.17) is 0 Å². The van der Waals surface area contributed by atoms with Crippen molar-refractivity contribution in [3.05, 3.63) is 66.7 Å². The SMILES string of the molecule is O=S(=O)(O)c1ccc2c(ccc3nn(-c4ccc5c(O)cccc5c4)nc32)c1. The number of fused-ring (bicyclic) bond motifs is 4. The van der Waals surface area contributed by atoms with Crippen LogP contribution in [0.25, 0.3) is 38.3 Å². The Kier molecular flexibility index (Phi) is 3.42. The molecule has 28 heavy (non-hydrogen) atoms. The molecule has 0 saturated carbocycles. The quantitative estimate of drug-likeness (QED) is 0.445. The Morgan fingerprint density at radius 1 is 0.821 bits per heavy atom. The number of aromatic hydroxyl groups is 1. The van der Waals surface area contributed by atoms with E-state index in [0.717, 1.165) is 21.8 Å². The summed E-state index contributed by atoms with van der Waals surface area (Å²) in [6.07, 6.45) is 0. The second kappa shape index (κ2) is 5.75. The van der Waals surface area contributed by atoms with Gasteiger partial charge in [-0.3, -0.25) is 4.55 Å². The largest absolute Gasteiger partial charge is 0.507 e. The number of nitrogens with zero attached hydrogens (tertiary/aromatic N) is 3. The summed E-state index contributed by atoms with van der Waals surface area (Å²) >= 11 is 0. The van der Waals surface area contributed by atoms with E-state index in [2.05, 4.69) is 10.2 Å². The third-order valence-corrected chi connectivity index (χ3v) is 5.56. The van der Waals surface area contributed by atoms with Gasteiger partial charge in [-0.15, -0.1) is 10.2 Å². The lowest BCUT2D eigenvalue weighted by Crippen LogP contribution is -1.98. The maximum absolute atomic E-state index is 11.4. The van der Waals surface area contributed by atoms with Crippen LogP contribution in [0.3, 0.4) is 0 Å². The van der Waals surface area contributed by atoms with Crippen molar-refractivity contribution < 1.29 is 18.1 Å². The molecule has 0 fully saturated rings. The van der Waals surface area contributed by atoms with Gasteiger partial charge in [0, 0.05) is 10.8 Å². The number of aromatic nitrogens is 3. The van der Waals surface area contributed by atoms with Gasteiger partial charge in [0.1, 0.15) is 16.8 Å². The van der Waals surface area contributed by atoms with Gasteiger partial charge in [-0.2, -0.15) is 13.2 Å². The summed E-state index contributed by atoms with van der Waals surface area (Å²) in [5, 5.41) is 22.0. The second-order valence-electron chi connectivity index (χ2n) is 6.46. The number of phenolic OH excluding ortho intramolecular Hbond substituents is 1. The Morgan fingerprint density at radius 2 is 1.61 bits per heavy atom. The zero-order valence-corrected chi connectivity index (χ0v) is 15.1. The lowest BCUT2D eigenvalue weighted by molar-refractivity contribution is 0.481. The molecule has 5 aromatic rings. The molecule has 1 heterocycles. The Balaban J connectivity index is 1.70. The van der Waals surface area contributed by atoms with Crippen molar-refractivity contribution in [2.24, 2.45) is 0 Å². The van der Waals surface area contributed by atoms with Crippen LogP contribution in [0, 0.1) is 0 Å². The molecule has 2 N–H and O–H groups in total.